The van der Waals surface area contributed by atoms with Gasteiger partial charge in [0.15, 0.2) is 5.13 Å². The Morgan fingerprint density at radius 3 is 2.76 bits per heavy atom. The maximum Gasteiger partial charge on any atom is 0.239 e. The number of piperazine rings is 2. The summed E-state index contributed by atoms with van der Waals surface area (Å²) in [5.74, 6) is -0.0178. The van der Waals surface area contributed by atoms with Gasteiger partial charge in [0.1, 0.15) is 0 Å². The van der Waals surface area contributed by atoms with Gasteiger partial charge in [0.2, 0.25) is 11.8 Å². The average Bonchev–Trinajstić information content (AvgIpc) is 3.02. The fourth-order valence-corrected chi connectivity index (χ4v) is 3.31. The van der Waals surface area contributed by atoms with Gasteiger partial charge in [-0.3, -0.25) is 14.5 Å². The van der Waals surface area contributed by atoms with E-state index in [1.54, 1.807) is 16.2 Å². The van der Waals surface area contributed by atoms with E-state index in [4.69, 9.17) is 0 Å². The lowest BCUT2D eigenvalue weighted by Gasteiger charge is -2.35. The van der Waals surface area contributed by atoms with E-state index in [2.05, 4.69) is 20.1 Å². The van der Waals surface area contributed by atoms with Crippen LogP contribution in [0.2, 0.25) is 0 Å². The van der Waals surface area contributed by atoms with E-state index in [-0.39, 0.29) is 18.4 Å². The van der Waals surface area contributed by atoms with Gasteiger partial charge in [-0.2, -0.15) is 0 Å². The molecule has 3 rings (SSSR count). The number of aromatic nitrogens is 1. The van der Waals surface area contributed by atoms with Crippen LogP contribution >= 0.6 is 11.3 Å². The summed E-state index contributed by atoms with van der Waals surface area (Å²) < 4.78 is 0. The van der Waals surface area contributed by atoms with Crippen LogP contribution in [-0.4, -0.2) is 79.0 Å². The molecule has 2 aliphatic heterocycles. The minimum Gasteiger partial charge on any atom is -0.353 e. The molecule has 0 aliphatic carbocycles. The molecule has 2 aliphatic rings. The summed E-state index contributed by atoms with van der Waals surface area (Å²) in [6.07, 6.45) is 1.82. The topological polar surface area (TPSA) is 68.8 Å². The number of amides is 2. The number of carbonyl (C=O) groups is 2. The molecule has 21 heavy (non-hydrogen) atoms. The van der Waals surface area contributed by atoms with Crippen molar-refractivity contribution in [3.05, 3.63) is 11.6 Å². The van der Waals surface area contributed by atoms with E-state index in [9.17, 15) is 9.59 Å². The highest BCUT2D eigenvalue weighted by atomic mass is 32.1. The molecule has 0 unspecified atom stereocenters. The molecule has 1 N–H and O–H groups in total. The van der Waals surface area contributed by atoms with E-state index >= 15 is 0 Å². The van der Waals surface area contributed by atoms with Gasteiger partial charge in [-0.1, -0.05) is 0 Å². The number of hydrogen-bond acceptors (Lipinski definition) is 6. The van der Waals surface area contributed by atoms with Gasteiger partial charge in [-0.25, -0.2) is 4.98 Å². The van der Waals surface area contributed by atoms with Crippen molar-refractivity contribution >= 4 is 28.3 Å². The van der Waals surface area contributed by atoms with Crippen molar-refractivity contribution in [2.24, 2.45) is 0 Å². The first kappa shape index (κ1) is 14.3. The molecule has 8 heteroatoms. The Hall–Kier alpha value is -1.67. The minimum atomic E-state index is -0.0665. The van der Waals surface area contributed by atoms with Crippen molar-refractivity contribution in [3.8, 4) is 0 Å². The first-order valence-corrected chi connectivity index (χ1v) is 8.01. The van der Waals surface area contributed by atoms with Crippen LogP contribution in [0.25, 0.3) is 0 Å². The second kappa shape index (κ2) is 6.40. The van der Waals surface area contributed by atoms with Crippen LogP contribution in [0, 0.1) is 0 Å². The number of thiazole rings is 1. The fourth-order valence-electron chi connectivity index (χ4n) is 2.61. The van der Waals surface area contributed by atoms with Crippen LogP contribution in [0.4, 0.5) is 5.13 Å². The molecule has 0 aromatic carbocycles. The van der Waals surface area contributed by atoms with Crippen LogP contribution in [0.3, 0.4) is 0 Å². The molecule has 3 heterocycles. The molecule has 2 fully saturated rings. The normalized spacial score (nSPS) is 20.5. The van der Waals surface area contributed by atoms with E-state index in [1.165, 1.54) is 0 Å². The first-order valence-electron chi connectivity index (χ1n) is 7.13. The Balaban J connectivity index is 1.46. The third-order valence-corrected chi connectivity index (χ3v) is 4.64. The lowest BCUT2D eigenvalue weighted by atomic mass is 10.3. The highest BCUT2D eigenvalue weighted by molar-refractivity contribution is 7.13. The van der Waals surface area contributed by atoms with Crippen molar-refractivity contribution in [1.29, 1.82) is 0 Å². The van der Waals surface area contributed by atoms with Crippen molar-refractivity contribution in [3.63, 3.8) is 0 Å². The van der Waals surface area contributed by atoms with Gasteiger partial charge in [0, 0.05) is 50.8 Å². The van der Waals surface area contributed by atoms with Crippen LogP contribution in [0.5, 0.6) is 0 Å². The molecule has 0 radical (unpaired) electrons. The van der Waals surface area contributed by atoms with Crippen LogP contribution in [0.15, 0.2) is 11.6 Å². The maximum absolute atomic E-state index is 12.2. The van der Waals surface area contributed by atoms with Gasteiger partial charge in [-0.15, -0.1) is 11.3 Å². The Kier molecular flexibility index (Phi) is 4.35. The molecule has 0 bridgehead atoms. The summed E-state index contributed by atoms with van der Waals surface area (Å²) in [4.78, 5) is 33.9. The minimum absolute atomic E-state index is 0.0487. The first-order chi connectivity index (χ1) is 10.2. The van der Waals surface area contributed by atoms with Crippen LogP contribution in [0.1, 0.15) is 0 Å². The van der Waals surface area contributed by atoms with Gasteiger partial charge in [0.05, 0.1) is 13.1 Å². The van der Waals surface area contributed by atoms with E-state index < -0.39 is 0 Å². The maximum atomic E-state index is 12.2. The molecule has 1 aromatic rings. The smallest absolute Gasteiger partial charge is 0.239 e. The quantitative estimate of drug-likeness (QED) is 0.794. The number of anilines is 1. The monoisotopic (exact) mass is 309 g/mol. The molecule has 0 saturated carbocycles. The van der Waals surface area contributed by atoms with E-state index in [1.807, 2.05) is 11.6 Å². The Morgan fingerprint density at radius 1 is 1.29 bits per heavy atom. The highest BCUT2D eigenvalue weighted by Gasteiger charge is 2.25. The standard InChI is InChI=1S/C13H19N5O2S/c19-11-9-18(3-1-14-11)12(20)10-16-4-6-17(7-5-16)13-15-2-8-21-13/h2,8H,1,3-7,9-10H2,(H,14,19). The van der Waals surface area contributed by atoms with Gasteiger partial charge >= 0.3 is 0 Å². The van der Waals surface area contributed by atoms with Crippen molar-refractivity contribution in [1.82, 2.24) is 20.1 Å². The summed E-state index contributed by atoms with van der Waals surface area (Å²) in [5, 5.41) is 5.76. The zero-order valence-electron chi connectivity index (χ0n) is 11.8. The SMILES string of the molecule is O=C1CN(C(=O)CN2CCN(c3nccs3)CC2)CCN1. The zero-order valence-corrected chi connectivity index (χ0v) is 12.6. The van der Waals surface area contributed by atoms with Gasteiger partial charge in [-0.05, 0) is 0 Å². The van der Waals surface area contributed by atoms with Crippen molar-refractivity contribution < 1.29 is 9.59 Å². The molecular formula is C13H19N5O2S. The fraction of sp³-hybridized carbons (Fsp3) is 0.615. The Bertz CT molecular complexity index is 499. The number of rotatable bonds is 3. The Morgan fingerprint density at radius 2 is 2.10 bits per heavy atom. The third kappa shape index (κ3) is 3.51. The summed E-state index contributed by atoms with van der Waals surface area (Å²) in [5.41, 5.74) is 0. The largest absolute Gasteiger partial charge is 0.353 e. The molecule has 2 saturated heterocycles. The number of nitrogens with one attached hydrogen (secondary N) is 1. The summed E-state index contributed by atoms with van der Waals surface area (Å²) in [7, 11) is 0. The average molecular weight is 309 g/mol. The van der Waals surface area contributed by atoms with Crippen LogP contribution < -0.4 is 10.2 Å². The number of nitrogens with zero attached hydrogens (tertiary/aromatic N) is 4. The van der Waals surface area contributed by atoms with Gasteiger partial charge in [0.25, 0.3) is 0 Å². The molecule has 0 spiro atoms. The molecule has 0 atom stereocenters. The zero-order chi connectivity index (χ0) is 14.7. The summed E-state index contributed by atoms with van der Waals surface area (Å²) in [6.45, 7) is 5.25. The molecule has 1 aromatic heterocycles. The van der Waals surface area contributed by atoms with E-state index in [0.717, 1.165) is 31.3 Å². The molecule has 7 nitrogen and oxygen atoms in total. The summed E-state index contributed by atoms with van der Waals surface area (Å²) in [6, 6.07) is 0. The van der Waals surface area contributed by atoms with Crippen molar-refractivity contribution in [2.45, 2.75) is 0 Å². The highest BCUT2D eigenvalue weighted by Crippen LogP contribution is 2.18. The number of carbonyl (C=O) groups excluding carboxylic acids is 2. The Labute approximate surface area is 127 Å². The predicted octanol–water partition coefficient (Wildman–Crippen LogP) is -0.776. The second-order valence-corrected chi connectivity index (χ2v) is 6.12. The molecular weight excluding hydrogens is 290 g/mol. The molecule has 2 amide bonds. The number of hydrogen-bond donors (Lipinski definition) is 1. The lowest BCUT2D eigenvalue weighted by molar-refractivity contribution is -0.139. The van der Waals surface area contributed by atoms with Crippen molar-refractivity contribution in [2.75, 3.05) is 57.3 Å². The third-order valence-electron chi connectivity index (χ3n) is 3.81. The van der Waals surface area contributed by atoms with Crippen LogP contribution in [-0.2, 0) is 9.59 Å². The van der Waals surface area contributed by atoms with Gasteiger partial charge < -0.3 is 15.1 Å². The summed E-state index contributed by atoms with van der Waals surface area (Å²) >= 11 is 1.64. The predicted molar refractivity (Wildman–Crippen MR) is 80.4 cm³/mol. The lowest BCUT2D eigenvalue weighted by Crippen LogP contribution is -2.54. The molecule has 114 valence electrons. The van der Waals surface area contributed by atoms with E-state index in [0.29, 0.717) is 19.6 Å². The second-order valence-electron chi connectivity index (χ2n) is 5.24.